The predicted octanol–water partition coefficient (Wildman–Crippen LogP) is 13.3. The lowest BCUT2D eigenvalue weighted by molar-refractivity contribution is 0.670. The molecule has 0 atom stereocenters. The fourth-order valence-electron chi connectivity index (χ4n) is 7.35. The molecule has 46 heavy (non-hydrogen) atoms. The van der Waals surface area contributed by atoms with E-state index in [-0.39, 0.29) is 0 Å². The van der Waals surface area contributed by atoms with E-state index in [1.807, 2.05) is 11.3 Å². The van der Waals surface area contributed by atoms with Gasteiger partial charge in [0.2, 0.25) is 0 Å². The van der Waals surface area contributed by atoms with E-state index in [9.17, 15) is 0 Å². The zero-order chi connectivity index (χ0) is 30.2. The molecule has 214 valence electrons. The Bertz CT molecular complexity index is 2800. The van der Waals surface area contributed by atoms with E-state index in [2.05, 4.69) is 158 Å². The number of hydrogen-bond donors (Lipinski definition) is 0. The van der Waals surface area contributed by atoms with Crippen LogP contribution in [0.4, 0.5) is 0 Å². The van der Waals surface area contributed by atoms with E-state index in [1.54, 1.807) is 0 Å². The summed E-state index contributed by atoms with van der Waals surface area (Å²) in [4.78, 5) is 0. The molecular weight excluding hydrogens is 577 g/mol. The minimum atomic E-state index is 0.909. The van der Waals surface area contributed by atoms with Crippen molar-refractivity contribution in [3.8, 4) is 33.4 Å². The molecule has 10 aromatic rings. The lowest BCUT2D eigenvalue weighted by Crippen LogP contribution is -1.89. The Morgan fingerprint density at radius 1 is 0.413 bits per heavy atom. The summed E-state index contributed by atoms with van der Waals surface area (Å²) in [5, 5.41) is 9.87. The number of benzene rings is 8. The van der Waals surface area contributed by atoms with Crippen molar-refractivity contribution in [2.45, 2.75) is 0 Å². The molecule has 0 amide bonds. The van der Waals surface area contributed by atoms with Crippen LogP contribution in [-0.2, 0) is 0 Å². The number of hydrogen-bond acceptors (Lipinski definition) is 2. The summed E-state index contributed by atoms with van der Waals surface area (Å²) in [6.45, 7) is 0. The zero-order valence-electron chi connectivity index (χ0n) is 24.8. The van der Waals surface area contributed by atoms with Gasteiger partial charge in [0.15, 0.2) is 0 Å². The fourth-order valence-corrected chi connectivity index (χ4v) is 8.58. The van der Waals surface area contributed by atoms with Crippen LogP contribution in [-0.4, -0.2) is 0 Å². The Morgan fingerprint density at radius 3 is 1.89 bits per heavy atom. The van der Waals surface area contributed by atoms with Gasteiger partial charge >= 0.3 is 0 Å². The molecule has 2 heterocycles. The lowest BCUT2D eigenvalue weighted by Gasteiger charge is -2.15. The highest BCUT2D eigenvalue weighted by molar-refractivity contribution is 7.26. The van der Waals surface area contributed by atoms with Crippen molar-refractivity contribution in [1.29, 1.82) is 0 Å². The molecule has 8 aromatic carbocycles. The molecule has 0 unspecified atom stereocenters. The van der Waals surface area contributed by atoms with Crippen molar-refractivity contribution >= 4 is 75.0 Å². The Labute approximate surface area is 269 Å². The summed E-state index contributed by atoms with van der Waals surface area (Å²) in [5.41, 5.74) is 9.05. The van der Waals surface area contributed by atoms with E-state index in [1.165, 1.54) is 69.4 Å². The lowest BCUT2D eigenvalue weighted by atomic mass is 9.87. The van der Waals surface area contributed by atoms with Crippen LogP contribution in [0.1, 0.15) is 0 Å². The van der Waals surface area contributed by atoms with Gasteiger partial charge in [0, 0.05) is 47.6 Å². The molecule has 0 saturated heterocycles. The summed E-state index contributed by atoms with van der Waals surface area (Å²) in [5.74, 6) is 0. The molecule has 0 fully saturated rings. The average molecular weight is 603 g/mol. The van der Waals surface area contributed by atoms with Gasteiger partial charge in [-0.2, -0.15) is 0 Å². The highest BCUT2D eigenvalue weighted by Crippen LogP contribution is 2.50. The molecule has 0 radical (unpaired) electrons. The van der Waals surface area contributed by atoms with Gasteiger partial charge in [-0.1, -0.05) is 140 Å². The maximum atomic E-state index is 6.85. The van der Waals surface area contributed by atoms with Crippen LogP contribution in [0.15, 0.2) is 162 Å². The quantitative estimate of drug-likeness (QED) is 0.196. The van der Waals surface area contributed by atoms with E-state index < -0.39 is 0 Å². The molecule has 1 nitrogen and oxygen atoms in total. The van der Waals surface area contributed by atoms with Crippen LogP contribution < -0.4 is 0 Å². The maximum absolute atomic E-state index is 6.85. The largest absolute Gasteiger partial charge is 0.455 e. The normalized spacial score (nSPS) is 11.9. The van der Waals surface area contributed by atoms with E-state index in [0.717, 1.165) is 27.7 Å². The highest BCUT2D eigenvalue weighted by Gasteiger charge is 2.23. The van der Waals surface area contributed by atoms with Crippen molar-refractivity contribution in [3.05, 3.63) is 158 Å². The second-order valence-electron chi connectivity index (χ2n) is 12.0. The molecule has 0 aliphatic rings. The third-order valence-electron chi connectivity index (χ3n) is 9.47. The number of rotatable bonds is 3. The molecule has 2 heteroatoms. The molecule has 0 aliphatic carbocycles. The van der Waals surface area contributed by atoms with Crippen LogP contribution in [0.3, 0.4) is 0 Å². The number of furan rings is 1. The van der Waals surface area contributed by atoms with Crippen molar-refractivity contribution in [3.63, 3.8) is 0 Å². The van der Waals surface area contributed by atoms with Crippen LogP contribution in [0.2, 0.25) is 0 Å². The summed E-state index contributed by atoms with van der Waals surface area (Å²) >= 11 is 1.88. The summed E-state index contributed by atoms with van der Waals surface area (Å²) in [6, 6.07) is 57.1. The van der Waals surface area contributed by atoms with Gasteiger partial charge in [-0.05, 0) is 56.4 Å². The van der Waals surface area contributed by atoms with Gasteiger partial charge in [-0.25, -0.2) is 0 Å². The third-order valence-corrected chi connectivity index (χ3v) is 10.7. The topological polar surface area (TPSA) is 13.1 Å². The SMILES string of the molecule is c1ccc2cc(-c3ccc(-c4c5ccccc5c(-c5cccc6c5sc5ccccc56)c5c4oc4ccccc45)cc3)ccc2c1. The molecule has 0 spiro atoms. The van der Waals surface area contributed by atoms with Crippen molar-refractivity contribution in [1.82, 2.24) is 0 Å². The minimum Gasteiger partial charge on any atom is -0.455 e. The summed E-state index contributed by atoms with van der Waals surface area (Å²) in [6.07, 6.45) is 0. The van der Waals surface area contributed by atoms with Crippen LogP contribution in [0.25, 0.3) is 97.0 Å². The molecule has 0 saturated carbocycles. The molecule has 0 bridgehead atoms. The second kappa shape index (κ2) is 9.90. The third kappa shape index (κ3) is 3.74. The second-order valence-corrected chi connectivity index (χ2v) is 13.1. The first-order valence-corrected chi connectivity index (χ1v) is 16.5. The Balaban J connectivity index is 1.26. The van der Waals surface area contributed by atoms with E-state index >= 15 is 0 Å². The average Bonchev–Trinajstić information content (AvgIpc) is 3.69. The van der Waals surface area contributed by atoms with Gasteiger partial charge in [0.1, 0.15) is 11.2 Å². The minimum absolute atomic E-state index is 0.909. The number of thiophene rings is 1. The number of fused-ring (bicyclic) bond motifs is 8. The first-order valence-electron chi connectivity index (χ1n) is 15.7. The van der Waals surface area contributed by atoms with Crippen molar-refractivity contribution < 1.29 is 4.42 Å². The maximum Gasteiger partial charge on any atom is 0.144 e. The molecular formula is C44H26OS. The van der Waals surface area contributed by atoms with Gasteiger partial charge in [0.05, 0.1) is 0 Å². The van der Waals surface area contributed by atoms with Crippen molar-refractivity contribution in [2.75, 3.05) is 0 Å². The Kier molecular flexibility index (Phi) is 5.51. The molecule has 2 aromatic heterocycles. The van der Waals surface area contributed by atoms with E-state index in [4.69, 9.17) is 4.42 Å². The standard InChI is InChI=1S/C44H26OS/c1-2-11-30-26-31(25-22-27(30)10-1)28-20-23-29(24-21-28)40-33-13-3-4-14-34(33)41(42-36-15-5-7-18-38(36)45-43(40)42)37-17-9-16-35-32-12-6-8-19-39(32)46-44(35)37/h1-26H. The van der Waals surface area contributed by atoms with Gasteiger partial charge in [-0.15, -0.1) is 11.3 Å². The predicted molar refractivity (Wildman–Crippen MR) is 198 cm³/mol. The Morgan fingerprint density at radius 2 is 1.04 bits per heavy atom. The molecule has 0 N–H and O–H groups in total. The zero-order valence-corrected chi connectivity index (χ0v) is 25.6. The van der Waals surface area contributed by atoms with Crippen LogP contribution in [0.5, 0.6) is 0 Å². The first-order chi connectivity index (χ1) is 22.8. The molecule has 0 aliphatic heterocycles. The first kappa shape index (κ1) is 25.6. The van der Waals surface area contributed by atoms with Crippen LogP contribution >= 0.6 is 11.3 Å². The number of para-hydroxylation sites is 1. The van der Waals surface area contributed by atoms with E-state index in [0.29, 0.717) is 0 Å². The summed E-state index contributed by atoms with van der Waals surface area (Å²) in [7, 11) is 0. The van der Waals surface area contributed by atoms with Crippen LogP contribution in [0, 0.1) is 0 Å². The summed E-state index contributed by atoms with van der Waals surface area (Å²) < 4.78 is 9.47. The van der Waals surface area contributed by atoms with Gasteiger partial charge in [-0.3, -0.25) is 0 Å². The highest BCUT2D eigenvalue weighted by atomic mass is 32.1. The van der Waals surface area contributed by atoms with Gasteiger partial charge < -0.3 is 4.42 Å². The smallest absolute Gasteiger partial charge is 0.144 e. The van der Waals surface area contributed by atoms with Crippen molar-refractivity contribution in [2.24, 2.45) is 0 Å². The molecule has 10 rings (SSSR count). The monoisotopic (exact) mass is 602 g/mol. The Hall–Kier alpha value is -5.70. The fraction of sp³-hybridized carbons (Fsp3) is 0. The van der Waals surface area contributed by atoms with Gasteiger partial charge in [0.25, 0.3) is 0 Å².